The minimum absolute atomic E-state index is 0.275. The van der Waals surface area contributed by atoms with Gasteiger partial charge in [-0.25, -0.2) is 4.79 Å². The van der Waals surface area contributed by atoms with E-state index in [1.807, 2.05) is 67.8 Å². The number of likely N-dealkylation sites (N-methyl/N-ethyl adjacent to an activating group) is 1. The van der Waals surface area contributed by atoms with Crippen LogP contribution in [0.5, 0.6) is 0 Å². The van der Waals surface area contributed by atoms with Crippen molar-refractivity contribution in [2.75, 3.05) is 19.8 Å². The molecule has 1 aliphatic heterocycles. The summed E-state index contributed by atoms with van der Waals surface area (Å²) >= 11 is 1.66. The van der Waals surface area contributed by atoms with Crippen LogP contribution in [0.2, 0.25) is 0 Å². The Bertz CT molecular complexity index is 917. The Kier molecular flexibility index (Phi) is 6.82. The van der Waals surface area contributed by atoms with Crippen LogP contribution in [0.15, 0.2) is 59.5 Å². The molecule has 2 aromatic carbocycles. The van der Waals surface area contributed by atoms with Crippen LogP contribution in [-0.4, -0.2) is 47.5 Å². The Morgan fingerprint density at radius 2 is 1.77 bits per heavy atom. The number of carbonyl (C=O) groups is 3. The van der Waals surface area contributed by atoms with Crippen molar-refractivity contribution in [3.63, 3.8) is 0 Å². The van der Waals surface area contributed by atoms with Gasteiger partial charge in [-0.1, -0.05) is 55.8 Å². The molecule has 0 spiro atoms. The summed E-state index contributed by atoms with van der Waals surface area (Å²) in [5, 5.41) is 2.86. The average Bonchev–Trinajstić information content (AvgIpc) is 3.00. The van der Waals surface area contributed by atoms with E-state index in [1.54, 1.807) is 18.8 Å². The van der Waals surface area contributed by atoms with Crippen molar-refractivity contribution < 1.29 is 14.4 Å². The van der Waals surface area contributed by atoms with E-state index in [0.717, 1.165) is 20.9 Å². The summed E-state index contributed by atoms with van der Waals surface area (Å²) < 4.78 is 0. The molecule has 0 unspecified atom stereocenters. The molecule has 2 aromatic rings. The van der Waals surface area contributed by atoms with E-state index in [-0.39, 0.29) is 18.4 Å². The number of carbonyl (C=O) groups excluding carboxylic acids is 3. The Hall–Kier alpha value is -2.80. The standard InChI is InChI=1S/C23H27N3O3S/c1-4-14-23(18-8-6-5-7-9-18)21(28)26(22(29)24-23)16-20(27)25(2)15-17-10-12-19(30-3)13-11-17/h5-13H,4,14-16H2,1-3H3,(H,24,29)/t23-/m1/s1. The highest BCUT2D eigenvalue weighted by Gasteiger charge is 2.52. The van der Waals surface area contributed by atoms with E-state index in [9.17, 15) is 14.4 Å². The van der Waals surface area contributed by atoms with Gasteiger partial charge in [-0.3, -0.25) is 14.5 Å². The predicted molar refractivity (Wildman–Crippen MR) is 118 cm³/mol. The van der Waals surface area contributed by atoms with Crippen molar-refractivity contribution in [1.29, 1.82) is 0 Å². The Morgan fingerprint density at radius 1 is 1.10 bits per heavy atom. The van der Waals surface area contributed by atoms with Gasteiger partial charge in [0, 0.05) is 18.5 Å². The molecular weight excluding hydrogens is 398 g/mol. The third-order valence-corrected chi connectivity index (χ3v) is 6.11. The van der Waals surface area contributed by atoms with E-state index in [4.69, 9.17) is 0 Å². The highest BCUT2D eigenvalue weighted by atomic mass is 32.2. The molecule has 0 aromatic heterocycles. The number of hydrogen-bond donors (Lipinski definition) is 1. The predicted octanol–water partition coefficient (Wildman–Crippen LogP) is 3.61. The minimum Gasteiger partial charge on any atom is -0.340 e. The number of urea groups is 1. The average molecular weight is 426 g/mol. The van der Waals surface area contributed by atoms with Crippen LogP contribution in [0.3, 0.4) is 0 Å². The Morgan fingerprint density at radius 3 is 2.37 bits per heavy atom. The summed E-state index contributed by atoms with van der Waals surface area (Å²) in [4.78, 5) is 42.4. The second kappa shape index (κ2) is 9.34. The van der Waals surface area contributed by atoms with Gasteiger partial charge in [0.05, 0.1) is 0 Å². The summed E-state index contributed by atoms with van der Waals surface area (Å²) in [6.07, 6.45) is 3.20. The third kappa shape index (κ3) is 4.36. The second-order valence-corrected chi connectivity index (χ2v) is 8.32. The number of hydrogen-bond acceptors (Lipinski definition) is 4. The monoisotopic (exact) mass is 425 g/mol. The zero-order chi connectivity index (χ0) is 21.7. The molecule has 1 saturated heterocycles. The van der Waals surface area contributed by atoms with Crippen LogP contribution in [-0.2, 0) is 21.7 Å². The fourth-order valence-electron chi connectivity index (χ4n) is 3.73. The molecule has 0 radical (unpaired) electrons. The number of nitrogens with zero attached hydrogens (tertiary/aromatic N) is 2. The topological polar surface area (TPSA) is 69.7 Å². The molecule has 0 saturated carbocycles. The summed E-state index contributed by atoms with van der Waals surface area (Å²) in [6, 6.07) is 16.7. The maximum atomic E-state index is 13.3. The van der Waals surface area contributed by atoms with Gasteiger partial charge in [0.25, 0.3) is 5.91 Å². The Labute approximate surface area is 181 Å². The lowest BCUT2D eigenvalue weighted by Gasteiger charge is -2.27. The fourth-order valence-corrected chi connectivity index (χ4v) is 4.13. The SMILES string of the molecule is CCC[C@]1(c2ccccc2)NC(=O)N(CC(=O)N(C)Cc2ccc(SC)cc2)C1=O. The quantitative estimate of drug-likeness (QED) is 0.518. The van der Waals surface area contributed by atoms with E-state index in [2.05, 4.69) is 5.32 Å². The van der Waals surface area contributed by atoms with Crippen molar-refractivity contribution >= 4 is 29.6 Å². The smallest absolute Gasteiger partial charge is 0.325 e. The van der Waals surface area contributed by atoms with Crippen molar-refractivity contribution in [2.24, 2.45) is 0 Å². The zero-order valence-corrected chi connectivity index (χ0v) is 18.4. The lowest BCUT2D eigenvalue weighted by molar-refractivity contribution is -0.139. The lowest BCUT2D eigenvalue weighted by Crippen LogP contribution is -2.45. The molecule has 158 valence electrons. The van der Waals surface area contributed by atoms with Gasteiger partial charge in [-0.05, 0) is 35.9 Å². The first-order valence-corrected chi connectivity index (χ1v) is 11.2. The maximum absolute atomic E-state index is 13.3. The van der Waals surface area contributed by atoms with E-state index in [1.165, 1.54) is 4.90 Å². The van der Waals surface area contributed by atoms with Crippen LogP contribution >= 0.6 is 11.8 Å². The number of rotatable bonds is 8. The van der Waals surface area contributed by atoms with E-state index < -0.39 is 11.6 Å². The summed E-state index contributed by atoms with van der Waals surface area (Å²) in [5.41, 5.74) is 0.618. The molecule has 0 bridgehead atoms. The second-order valence-electron chi connectivity index (χ2n) is 7.44. The third-order valence-electron chi connectivity index (χ3n) is 5.37. The minimum atomic E-state index is -1.11. The summed E-state index contributed by atoms with van der Waals surface area (Å²) in [7, 11) is 1.68. The van der Waals surface area contributed by atoms with Gasteiger partial charge in [0.1, 0.15) is 12.1 Å². The maximum Gasteiger partial charge on any atom is 0.325 e. The molecule has 7 heteroatoms. The molecule has 6 nitrogen and oxygen atoms in total. The van der Waals surface area contributed by atoms with Crippen molar-refractivity contribution in [2.45, 2.75) is 36.7 Å². The van der Waals surface area contributed by atoms with Gasteiger partial charge < -0.3 is 10.2 Å². The van der Waals surface area contributed by atoms with Crippen molar-refractivity contribution in [3.05, 3.63) is 65.7 Å². The number of amides is 4. The molecule has 1 heterocycles. The Balaban J connectivity index is 1.73. The van der Waals surface area contributed by atoms with Gasteiger partial charge in [0.2, 0.25) is 5.91 Å². The first kappa shape index (κ1) is 21.9. The first-order chi connectivity index (χ1) is 14.4. The molecule has 0 aliphatic carbocycles. The molecular formula is C23H27N3O3S. The van der Waals surface area contributed by atoms with Crippen LogP contribution in [0.1, 0.15) is 30.9 Å². The fraction of sp³-hybridized carbons (Fsp3) is 0.348. The molecule has 30 heavy (non-hydrogen) atoms. The van der Waals surface area contributed by atoms with Gasteiger partial charge >= 0.3 is 6.03 Å². The van der Waals surface area contributed by atoms with Crippen molar-refractivity contribution in [3.8, 4) is 0 Å². The molecule has 4 amide bonds. The highest BCUT2D eigenvalue weighted by Crippen LogP contribution is 2.33. The largest absolute Gasteiger partial charge is 0.340 e. The van der Waals surface area contributed by atoms with Crippen LogP contribution in [0.25, 0.3) is 0 Å². The van der Waals surface area contributed by atoms with Crippen LogP contribution in [0.4, 0.5) is 4.79 Å². The van der Waals surface area contributed by atoms with Crippen LogP contribution in [0, 0.1) is 0 Å². The van der Waals surface area contributed by atoms with Crippen LogP contribution < -0.4 is 5.32 Å². The summed E-state index contributed by atoms with van der Waals surface area (Å²) in [5.74, 6) is -0.653. The van der Waals surface area contributed by atoms with Gasteiger partial charge in [-0.15, -0.1) is 11.8 Å². The molecule has 1 aliphatic rings. The summed E-state index contributed by atoms with van der Waals surface area (Å²) in [6.45, 7) is 2.10. The van der Waals surface area contributed by atoms with E-state index >= 15 is 0 Å². The highest BCUT2D eigenvalue weighted by molar-refractivity contribution is 7.98. The molecule has 1 fully saturated rings. The normalized spacial score (nSPS) is 18.4. The lowest BCUT2D eigenvalue weighted by atomic mass is 9.85. The zero-order valence-electron chi connectivity index (χ0n) is 17.6. The number of imide groups is 1. The molecule has 1 atom stereocenters. The molecule has 3 rings (SSSR count). The number of benzene rings is 2. The van der Waals surface area contributed by atoms with Gasteiger partial charge in [-0.2, -0.15) is 0 Å². The number of nitrogens with one attached hydrogen (secondary N) is 1. The van der Waals surface area contributed by atoms with Gasteiger partial charge in [0.15, 0.2) is 0 Å². The first-order valence-electron chi connectivity index (χ1n) is 9.98. The molecule has 1 N–H and O–H groups in total. The van der Waals surface area contributed by atoms with Crippen molar-refractivity contribution in [1.82, 2.24) is 15.1 Å². The van der Waals surface area contributed by atoms with E-state index in [0.29, 0.717) is 19.4 Å². The number of thioether (sulfide) groups is 1.